The Balaban J connectivity index is 2.04. The molecule has 7 heteroatoms. The summed E-state index contributed by atoms with van der Waals surface area (Å²) >= 11 is 0. The summed E-state index contributed by atoms with van der Waals surface area (Å²) < 4.78 is 1.77. The van der Waals surface area contributed by atoms with Crippen LogP contribution in [0.2, 0.25) is 0 Å². The number of nitro groups is 1. The van der Waals surface area contributed by atoms with Gasteiger partial charge in [-0.2, -0.15) is 0 Å². The number of aryl methyl sites for hydroxylation is 2. The topological polar surface area (TPSA) is 99.9 Å². The van der Waals surface area contributed by atoms with Crippen LogP contribution in [-0.2, 0) is 19.4 Å². The van der Waals surface area contributed by atoms with Crippen LogP contribution in [0.15, 0.2) is 24.3 Å². The van der Waals surface area contributed by atoms with Gasteiger partial charge in [-0.05, 0) is 18.4 Å². The Morgan fingerprint density at radius 1 is 1.37 bits per heavy atom. The number of nitrogens with zero attached hydrogens (tertiary/aromatic N) is 4. The number of hydrogen-bond acceptors (Lipinski definition) is 5. The van der Waals surface area contributed by atoms with E-state index in [0.717, 1.165) is 24.1 Å². The summed E-state index contributed by atoms with van der Waals surface area (Å²) in [4.78, 5) is 10.1. The van der Waals surface area contributed by atoms with E-state index >= 15 is 0 Å². The van der Waals surface area contributed by atoms with Gasteiger partial charge in [0.15, 0.2) is 5.82 Å². The lowest BCUT2D eigenvalue weighted by Gasteiger charge is -2.05. The molecule has 1 aromatic carbocycles. The van der Waals surface area contributed by atoms with Crippen molar-refractivity contribution >= 4 is 11.5 Å². The number of hydrogen-bond donors (Lipinski definition) is 1. The Morgan fingerprint density at radius 3 is 2.63 bits per heavy atom. The number of nitrogen functional groups attached to an aromatic ring is 1. The van der Waals surface area contributed by atoms with Crippen molar-refractivity contribution < 1.29 is 4.92 Å². The third-order valence-corrected chi connectivity index (χ3v) is 2.96. The lowest BCUT2D eigenvalue weighted by Crippen LogP contribution is -2.07. The quantitative estimate of drug-likeness (QED) is 0.650. The molecule has 0 aliphatic heterocycles. The maximum Gasteiger partial charge on any atom is 0.269 e. The largest absolute Gasteiger partial charge is 0.381 e. The van der Waals surface area contributed by atoms with E-state index in [1.54, 1.807) is 16.8 Å². The van der Waals surface area contributed by atoms with Crippen LogP contribution in [0.5, 0.6) is 0 Å². The van der Waals surface area contributed by atoms with Crippen LogP contribution in [0, 0.1) is 10.1 Å². The van der Waals surface area contributed by atoms with Crippen LogP contribution in [0.3, 0.4) is 0 Å². The third kappa shape index (κ3) is 2.87. The van der Waals surface area contributed by atoms with Gasteiger partial charge in [0, 0.05) is 18.7 Å². The molecule has 2 rings (SSSR count). The molecular weight excluding hydrogens is 246 g/mol. The lowest BCUT2D eigenvalue weighted by molar-refractivity contribution is -0.384. The van der Waals surface area contributed by atoms with Crippen LogP contribution >= 0.6 is 0 Å². The fourth-order valence-electron chi connectivity index (χ4n) is 1.91. The first-order valence-electron chi connectivity index (χ1n) is 6.03. The minimum Gasteiger partial charge on any atom is -0.381 e. The predicted molar refractivity (Wildman–Crippen MR) is 70.6 cm³/mol. The molecule has 2 aromatic rings. The maximum atomic E-state index is 10.5. The summed E-state index contributed by atoms with van der Waals surface area (Å²) in [6.45, 7) is 2.66. The maximum absolute atomic E-state index is 10.5. The van der Waals surface area contributed by atoms with Crippen molar-refractivity contribution in [2.45, 2.75) is 26.3 Å². The molecule has 0 aliphatic carbocycles. The molecule has 0 aliphatic rings. The first kappa shape index (κ1) is 13.0. The van der Waals surface area contributed by atoms with E-state index in [2.05, 4.69) is 10.3 Å². The van der Waals surface area contributed by atoms with E-state index < -0.39 is 4.92 Å². The zero-order valence-corrected chi connectivity index (χ0v) is 10.6. The molecule has 7 nitrogen and oxygen atoms in total. The molecule has 0 radical (unpaired) electrons. The SMILES string of the molecule is CCc1c(N)nnn1CCc1ccc([N+](=O)[O-])cc1. The van der Waals surface area contributed by atoms with E-state index in [4.69, 9.17) is 5.73 Å². The van der Waals surface area contributed by atoms with Gasteiger partial charge in [-0.25, -0.2) is 4.68 Å². The summed E-state index contributed by atoms with van der Waals surface area (Å²) in [6.07, 6.45) is 1.51. The minimum absolute atomic E-state index is 0.1000. The molecule has 1 heterocycles. The molecule has 0 amide bonds. The van der Waals surface area contributed by atoms with E-state index in [1.165, 1.54) is 12.1 Å². The summed E-state index contributed by atoms with van der Waals surface area (Å²) in [5, 5.41) is 18.4. The van der Waals surface area contributed by atoms with Crippen molar-refractivity contribution in [3.8, 4) is 0 Å². The number of benzene rings is 1. The Kier molecular flexibility index (Phi) is 3.74. The smallest absolute Gasteiger partial charge is 0.269 e. The first-order valence-corrected chi connectivity index (χ1v) is 6.03. The molecule has 0 fully saturated rings. The highest BCUT2D eigenvalue weighted by atomic mass is 16.6. The standard InChI is InChI=1S/C12H15N5O2/c1-2-11-12(13)14-15-16(11)8-7-9-3-5-10(6-4-9)17(18)19/h3-6H,2,7-8,13H2,1H3. The van der Waals surface area contributed by atoms with Gasteiger partial charge in [-0.3, -0.25) is 10.1 Å². The highest BCUT2D eigenvalue weighted by Crippen LogP contribution is 2.14. The Morgan fingerprint density at radius 2 is 2.05 bits per heavy atom. The zero-order valence-electron chi connectivity index (χ0n) is 10.6. The van der Waals surface area contributed by atoms with Crippen molar-refractivity contribution in [2.24, 2.45) is 0 Å². The van der Waals surface area contributed by atoms with Crippen molar-refractivity contribution in [2.75, 3.05) is 5.73 Å². The van der Waals surface area contributed by atoms with Gasteiger partial charge in [0.25, 0.3) is 5.69 Å². The zero-order chi connectivity index (χ0) is 13.8. The molecule has 0 spiro atoms. The highest BCUT2D eigenvalue weighted by molar-refractivity contribution is 5.34. The number of rotatable bonds is 5. The van der Waals surface area contributed by atoms with Crippen LogP contribution in [0.4, 0.5) is 11.5 Å². The van der Waals surface area contributed by atoms with Crippen LogP contribution < -0.4 is 5.73 Å². The number of nitro benzene ring substituents is 1. The molecule has 1 aromatic heterocycles. The van der Waals surface area contributed by atoms with Gasteiger partial charge in [0.1, 0.15) is 0 Å². The number of aromatic nitrogens is 3. The first-order chi connectivity index (χ1) is 9.11. The van der Waals surface area contributed by atoms with Gasteiger partial charge in [0.2, 0.25) is 0 Å². The van der Waals surface area contributed by atoms with Crippen molar-refractivity contribution in [1.82, 2.24) is 15.0 Å². The molecule has 100 valence electrons. The van der Waals surface area contributed by atoms with E-state index in [1.807, 2.05) is 6.92 Å². The van der Waals surface area contributed by atoms with Crippen molar-refractivity contribution in [1.29, 1.82) is 0 Å². The van der Waals surface area contributed by atoms with Gasteiger partial charge in [-0.15, -0.1) is 5.10 Å². The van der Waals surface area contributed by atoms with E-state index in [9.17, 15) is 10.1 Å². The average Bonchev–Trinajstić information content (AvgIpc) is 2.77. The number of anilines is 1. The summed E-state index contributed by atoms with van der Waals surface area (Å²) in [6, 6.07) is 6.52. The molecule has 0 saturated heterocycles. The fraction of sp³-hybridized carbons (Fsp3) is 0.333. The Hall–Kier alpha value is -2.44. The number of non-ortho nitro benzene ring substituents is 1. The van der Waals surface area contributed by atoms with Gasteiger partial charge in [0.05, 0.1) is 10.6 Å². The second-order valence-corrected chi connectivity index (χ2v) is 4.17. The summed E-state index contributed by atoms with van der Waals surface area (Å²) in [7, 11) is 0. The van der Waals surface area contributed by atoms with Crippen molar-refractivity contribution in [3.05, 3.63) is 45.6 Å². The van der Waals surface area contributed by atoms with Crippen molar-refractivity contribution in [3.63, 3.8) is 0 Å². The highest BCUT2D eigenvalue weighted by Gasteiger charge is 2.08. The normalized spacial score (nSPS) is 10.6. The molecule has 0 unspecified atom stereocenters. The van der Waals surface area contributed by atoms with Gasteiger partial charge in [-0.1, -0.05) is 24.3 Å². The molecule has 0 bridgehead atoms. The van der Waals surface area contributed by atoms with Gasteiger partial charge >= 0.3 is 0 Å². The predicted octanol–water partition coefficient (Wildman–Crippen LogP) is 1.57. The number of nitrogens with two attached hydrogens (primary N) is 1. The van der Waals surface area contributed by atoms with E-state index in [0.29, 0.717) is 12.4 Å². The Bertz CT molecular complexity index is 576. The van der Waals surface area contributed by atoms with Gasteiger partial charge < -0.3 is 5.73 Å². The summed E-state index contributed by atoms with van der Waals surface area (Å²) in [5.41, 5.74) is 7.74. The van der Waals surface area contributed by atoms with Crippen LogP contribution in [0.1, 0.15) is 18.2 Å². The average molecular weight is 261 g/mol. The molecule has 2 N–H and O–H groups in total. The Labute approximate surface area is 110 Å². The molecular formula is C12H15N5O2. The molecule has 0 saturated carbocycles. The fourth-order valence-corrected chi connectivity index (χ4v) is 1.91. The monoisotopic (exact) mass is 261 g/mol. The lowest BCUT2D eigenvalue weighted by atomic mass is 10.1. The summed E-state index contributed by atoms with van der Waals surface area (Å²) in [5.74, 6) is 0.464. The van der Waals surface area contributed by atoms with Crippen LogP contribution in [0.25, 0.3) is 0 Å². The third-order valence-electron chi connectivity index (χ3n) is 2.96. The second kappa shape index (κ2) is 5.47. The van der Waals surface area contributed by atoms with E-state index in [-0.39, 0.29) is 5.69 Å². The second-order valence-electron chi connectivity index (χ2n) is 4.17. The molecule has 19 heavy (non-hydrogen) atoms. The minimum atomic E-state index is -0.406. The van der Waals surface area contributed by atoms with Crippen LogP contribution in [-0.4, -0.2) is 19.9 Å². The molecule has 0 atom stereocenters.